The van der Waals surface area contributed by atoms with Crippen LogP contribution in [0.3, 0.4) is 0 Å². The summed E-state index contributed by atoms with van der Waals surface area (Å²) in [6.07, 6.45) is 3.32. The van der Waals surface area contributed by atoms with Crippen molar-refractivity contribution in [3.63, 3.8) is 0 Å². The van der Waals surface area contributed by atoms with Crippen LogP contribution in [0.2, 0.25) is 0 Å². The van der Waals surface area contributed by atoms with Crippen molar-refractivity contribution in [2.24, 2.45) is 0 Å². The van der Waals surface area contributed by atoms with E-state index in [0.29, 0.717) is 6.04 Å². The van der Waals surface area contributed by atoms with Gasteiger partial charge in [-0.25, -0.2) is 0 Å². The number of ether oxygens (including phenoxy) is 1. The zero-order chi connectivity index (χ0) is 10.8. The van der Waals surface area contributed by atoms with Crippen molar-refractivity contribution in [1.29, 1.82) is 0 Å². The fraction of sp³-hybridized carbons (Fsp3) is 0.385. The molecule has 0 saturated heterocycles. The van der Waals surface area contributed by atoms with Crippen LogP contribution in [0.25, 0.3) is 5.57 Å². The second-order valence-electron chi connectivity index (χ2n) is 3.90. The van der Waals surface area contributed by atoms with Gasteiger partial charge in [0.1, 0.15) is 5.75 Å². The number of methoxy groups -OCH3 is 1. The van der Waals surface area contributed by atoms with Crippen molar-refractivity contribution in [1.82, 2.24) is 5.32 Å². The highest BCUT2D eigenvalue weighted by Crippen LogP contribution is 2.32. The summed E-state index contributed by atoms with van der Waals surface area (Å²) in [5, 5.41) is 3.28. The van der Waals surface area contributed by atoms with Crippen LogP contribution in [0, 0.1) is 0 Å². The largest absolute Gasteiger partial charge is 0.497 e. The summed E-state index contributed by atoms with van der Waals surface area (Å²) in [6.45, 7) is 2.19. The molecule has 0 heterocycles. The number of allylic oxidation sites excluding steroid dienone is 1. The van der Waals surface area contributed by atoms with Crippen LogP contribution in [-0.2, 0) is 6.42 Å². The number of nitrogens with one attached hydrogen (secondary N) is 1. The zero-order valence-electron chi connectivity index (χ0n) is 9.50. The lowest BCUT2D eigenvalue weighted by molar-refractivity contribution is 0.414. The molecule has 2 rings (SSSR count). The van der Waals surface area contributed by atoms with Crippen molar-refractivity contribution in [3.8, 4) is 5.75 Å². The Labute approximate surface area is 91.0 Å². The number of rotatable bonds is 3. The molecule has 1 aromatic carbocycles. The molecule has 2 heteroatoms. The molecule has 1 N–H and O–H groups in total. The number of fused-ring (bicyclic) bond motifs is 1. The minimum atomic E-state index is 0.416. The average Bonchev–Trinajstić information content (AvgIpc) is 2.70. The Kier molecular flexibility index (Phi) is 2.78. The summed E-state index contributed by atoms with van der Waals surface area (Å²) in [6, 6.07) is 6.72. The van der Waals surface area contributed by atoms with E-state index in [4.69, 9.17) is 4.74 Å². The van der Waals surface area contributed by atoms with Gasteiger partial charge in [-0.3, -0.25) is 0 Å². The van der Waals surface area contributed by atoms with Gasteiger partial charge in [0.25, 0.3) is 0 Å². The summed E-state index contributed by atoms with van der Waals surface area (Å²) < 4.78 is 5.22. The molecule has 1 aliphatic rings. The molecule has 0 aliphatic heterocycles. The smallest absolute Gasteiger partial charge is 0.119 e. The number of likely N-dealkylation sites (N-methyl/N-ethyl adjacent to an activating group) is 1. The molecule has 15 heavy (non-hydrogen) atoms. The lowest BCUT2D eigenvalue weighted by Crippen LogP contribution is -2.22. The predicted molar refractivity (Wildman–Crippen MR) is 63.2 cm³/mol. The van der Waals surface area contributed by atoms with Gasteiger partial charge >= 0.3 is 0 Å². The molecule has 2 nitrogen and oxygen atoms in total. The van der Waals surface area contributed by atoms with E-state index in [0.717, 1.165) is 12.2 Å². The molecule has 0 fully saturated rings. The van der Waals surface area contributed by atoms with Crippen LogP contribution >= 0.6 is 0 Å². The standard InChI is InChI=1S/C13H17NO/c1-9(14-2)12-6-4-10-8-11(15-3)5-7-13(10)12/h5-9,14H,4H2,1-3H3. The molecule has 0 bridgehead atoms. The van der Waals surface area contributed by atoms with E-state index >= 15 is 0 Å². The maximum Gasteiger partial charge on any atom is 0.119 e. The summed E-state index contributed by atoms with van der Waals surface area (Å²) in [4.78, 5) is 0. The minimum absolute atomic E-state index is 0.416. The van der Waals surface area contributed by atoms with E-state index < -0.39 is 0 Å². The third-order valence-electron chi connectivity index (χ3n) is 3.06. The Morgan fingerprint density at radius 1 is 1.40 bits per heavy atom. The van der Waals surface area contributed by atoms with Crippen molar-refractivity contribution in [3.05, 3.63) is 35.4 Å². The Bertz CT molecular complexity index is 396. The normalized spacial score (nSPS) is 15.8. The van der Waals surface area contributed by atoms with Crippen LogP contribution in [-0.4, -0.2) is 20.2 Å². The SMILES string of the molecule is CNC(C)C1=CCc2cc(OC)ccc21. The fourth-order valence-corrected chi connectivity index (χ4v) is 2.04. The van der Waals surface area contributed by atoms with E-state index in [1.165, 1.54) is 16.7 Å². The molecular formula is C13H17NO. The molecule has 0 amide bonds. The molecule has 1 atom stereocenters. The summed E-state index contributed by atoms with van der Waals surface area (Å²) >= 11 is 0. The Balaban J connectivity index is 2.33. The highest BCUT2D eigenvalue weighted by Gasteiger charge is 2.18. The van der Waals surface area contributed by atoms with Crippen molar-refractivity contribution in [2.75, 3.05) is 14.2 Å². The summed E-state index contributed by atoms with van der Waals surface area (Å²) in [7, 11) is 3.70. The van der Waals surface area contributed by atoms with Crippen molar-refractivity contribution >= 4 is 5.57 Å². The first-order valence-electron chi connectivity index (χ1n) is 5.31. The Morgan fingerprint density at radius 3 is 2.87 bits per heavy atom. The minimum Gasteiger partial charge on any atom is -0.497 e. The van der Waals surface area contributed by atoms with Gasteiger partial charge in [-0.2, -0.15) is 0 Å². The number of hydrogen-bond acceptors (Lipinski definition) is 2. The summed E-state index contributed by atoms with van der Waals surface area (Å²) in [5.41, 5.74) is 4.12. The molecule has 1 aliphatic carbocycles. The van der Waals surface area contributed by atoms with Crippen LogP contribution in [0.15, 0.2) is 24.3 Å². The van der Waals surface area contributed by atoms with E-state index in [1.54, 1.807) is 7.11 Å². The monoisotopic (exact) mass is 203 g/mol. The zero-order valence-corrected chi connectivity index (χ0v) is 9.50. The van der Waals surface area contributed by atoms with Gasteiger partial charge < -0.3 is 10.1 Å². The fourth-order valence-electron chi connectivity index (χ4n) is 2.04. The molecule has 1 aromatic rings. The van der Waals surface area contributed by atoms with Gasteiger partial charge in [-0.1, -0.05) is 12.1 Å². The first-order chi connectivity index (χ1) is 7.26. The van der Waals surface area contributed by atoms with Gasteiger partial charge in [0.15, 0.2) is 0 Å². The van der Waals surface area contributed by atoms with Crippen LogP contribution in [0.4, 0.5) is 0 Å². The topological polar surface area (TPSA) is 21.3 Å². The van der Waals surface area contributed by atoms with E-state index in [2.05, 4.69) is 30.4 Å². The molecule has 80 valence electrons. The predicted octanol–water partition coefficient (Wildman–Crippen LogP) is 2.24. The Morgan fingerprint density at radius 2 is 2.20 bits per heavy atom. The van der Waals surface area contributed by atoms with Crippen molar-refractivity contribution in [2.45, 2.75) is 19.4 Å². The van der Waals surface area contributed by atoms with Gasteiger partial charge in [0.2, 0.25) is 0 Å². The number of hydrogen-bond donors (Lipinski definition) is 1. The maximum absolute atomic E-state index is 5.22. The quantitative estimate of drug-likeness (QED) is 0.813. The molecule has 0 spiro atoms. The van der Waals surface area contributed by atoms with E-state index in [1.807, 2.05) is 13.1 Å². The Hall–Kier alpha value is -1.28. The molecule has 0 saturated carbocycles. The molecule has 1 unspecified atom stereocenters. The van der Waals surface area contributed by atoms with Gasteiger partial charge in [-0.05, 0) is 49.2 Å². The first-order valence-corrected chi connectivity index (χ1v) is 5.31. The van der Waals surface area contributed by atoms with Gasteiger partial charge in [-0.15, -0.1) is 0 Å². The summed E-state index contributed by atoms with van der Waals surface area (Å²) in [5.74, 6) is 0.945. The molecule has 0 radical (unpaired) electrons. The van der Waals surface area contributed by atoms with Gasteiger partial charge in [0.05, 0.1) is 7.11 Å². The van der Waals surface area contributed by atoms with E-state index in [9.17, 15) is 0 Å². The van der Waals surface area contributed by atoms with Gasteiger partial charge in [0, 0.05) is 6.04 Å². The van der Waals surface area contributed by atoms with Crippen LogP contribution < -0.4 is 10.1 Å². The third-order valence-corrected chi connectivity index (χ3v) is 3.06. The van der Waals surface area contributed by atoms with Crippen molar-refractivity contribution < 1.29 is 4.74 Å². The number of benzene rings is 1. The molecular weight excluding hydrogens is 186 g/mol. The van der Waals surface area contributed by atoms with E-state index in [-0.39, 0.29) is 0 Å². The second-order valence-corrected chi connectivity index (χ2v) is 3.90. The lowest BCUT2D eigenvalue weighted by Gasteiger charge is -2.14. The first kappa shape index (κ1) is 10.2. The van der Waals surface area contributed by atoms with Crippen LogP contribution in [0.1, 0.15) is 18.1 Å². The average molecular weight is 203 g/mol. The third kappa shape index (κ3) is 1.77. The highest BCUT2D eigenvalue weighted by molar-refractivity contribution is 5.76. The lowest BCUT2D eigenvalue weighted by atomic mass is 10.0. The second kappa shape index (κ2) is 4.07. The van der Waals surface area contributed by atoms with Crippen LogP contribution in [0.5, 0.6) is 5.75 Å². The molecule has 0 aromatic heterocycles. The highest BCUT2D eigenvalue weighted by atomic mass is 16.5. The maximum atomic E-state index is 5.22.